The minimum Gasteiger partial charge on any atom is -0.274 e. The van der Waals surface area contributed by atoms with Crippen LogP contribution in [0.5, 0.6) is 0 Å². The minimum absolute atomic E-state index is 0.123. The number of halogens is 2. The Bertz CT molecular complexity index is 988. The Balaban J connectivity index is 1.82. The van der Waals surface area contributed by atoms with Gasteiger partial charge in [-0.3, -0.25) is 9.69 Å². The first-order valence-electron chi connectivity index (χ1n) is 8.26. The van der Waals surface area contributed by atoms with E-state index in [1.807, 2.05) is 37.4 Å². The second kappa shape index (κ2) is 8.19. The Hall–Kier alpha value is -2.25. The van der Waals surface area contributed by atoms with Crippen LogP contribution in [0.15, 0.2) is 46.7 Å². The number of thioether (sulfide) groups is 1. The van der Waals surface area contributed by atoms with Crippen LogP contribution in [0.3, 0.4) is 0 Å². The van der Waals surface area contributed by atoms with Crippen LogP contribution in [0.2, 0.25) is 0 Å². The fourth-order valence-corrected chi connectivity index (χ4v) is 4.39. The van der Waals surface area contributed by atoms with Gasteiger partial charge in [0.25, 0.3) is 0 Å². The summed E-state index contributed by atoms with van der Waals surface area (Å²) in [6.07, 6.45) is 0. The van der Waals surface area contributed by atoms with Crippen LogP contribution in [0.25, 0.3) is 0 Å². The van der Waals surface area contributed by atoms with Gasteiger partial charge in [0, 0.05) is 29.0 Å². The lowest BCUT2D eigenvalue weighted by Crippen LogP contribution is -2.23. The van der Waals surface area contributed by atoms with E-state index >= 15 is 0 Å². The average Bonchev–Trinajstić information content (AvgIpc) is 3.06. The SMILES string of the molecule is CC(=O)N(c1nc(CSc2ccc(F)cc2F)cs1)c1cccc(C)c1C. The van der Waals surface area contributed by atoms with Crippen LogP contribution < -0.4 is 4.90 Å². The molecule has 0 N–H and O–H groups in total. The minimum atomic E-state index is -0.599. The van der Waals surface area contributed by atoms with E-state index < -0.39 is 11.6 Å². The standard InChI is InChI=1S/C20H18F2N2OS2/c1-12-5-4-6-18(13(12)2)24(14(3)25)20-23-16(11-27-20)10-26-19-8-7-15(21)9-17(19)22/h4-9,11H,10H2,1-3H3. The van der Waals surface area contributed by atoms with Gasteiger partial charge in [-0.05, 0) is 43.2 Å². The molecular weight excluding hydrogens is 386 g/mol. The van der Waals surface area contributed by atoms with Crippen molar-refractivity contribution in [2.24, 2.45) is 0 Å². The monoisotopic (exact) mass is 404 g/mol. The molecule has 0 aliphatic carbocycles. The number of hydrogen-bond donors (Lipinski definition) is 0. The van der Waals surface area contributed by atoms with Gasteiger partial charge in [0.1, 0.15) is 11.6 Å². The molecule has 27 heavy (non-hydrogen) atoms. The molecule has 1 aromatic heterocycles. The molecule has 3 nitrogen and oxygen atoms in total. The van der Waals surface area contributed by atoms with Crippen molar-refractivity contribution in [1.82, 2.24) is 4.98 Å². The maximum Gasteiger partial charge on any atom is 0.230 e. The number of anilines is 2. The molecule has 0 spiro atoms. The highest BCUT2D eigenvalue weighted by Gasteiger charge is 2.20. The first kappa shape index (κ1) is 19.5. The normalized spacial score (nSPS) is 10.9. The first-order valence-corrected chi connectivity index (χ1v) is 10.1. The molecule has 3 rings (SSSR count). The fraction of sp³-hybridized carbons (Fsp3) is 0.200. The summed E-state index contributed by atoms with van der Waals surface area (Å²) < 4.78 is 26.8. The summed E-state index contributed by atoms with van der Waals surface area (Å²) in [6, 6.07) is 9.32. The van der Waals surface area contributed by atoms with Gasteiger partial charge in [0.15, 0.2) is 5.13 Å². The molecule has 0 bridgehead atoms. The topological polar surface area (TPSA) is 33.2 Å². The van der Waals surface area contributed by atoms with Gasteiger partial charge in [0.2, 0.25) is 5.91 Å². The smallest absolute Gasteiger partial charge is 0.230 e. The van der Waals surface area contributed by atoms with Crippen LogP contribution in [0.4, 0.5) is 19.6 Å². The number of rotatable bonds is 5. The van der Waals surface area contributed by atoms with E-state index in [1.54, 1.807) is 4.90 Å². The number of aryl methyl sites for hydroxylation is 1. The first-order chi connectivity index (χ1) is 12.9. The second-order valence-electron chi connectivity index (χ2n) is 6.06. The number of carbonyl (C=O) groups is 1. The van der Waals surface area contributed by atoms with E-state index in [2.05, 4.69) is 4.98 Å². The molecule has 0 unspecified atom stereocenters. The van der Waals surface area contributed by atoms with Crippen molar-refractivity contribution in [1.29, 1.82) is 0 Å². The molecule has 2 aromatic carbocycles. The quantitative estimate of drug-likeness (QED) is 0.488. The number of thiazole rings is 1. The second-order valence-corrected chi connectivity index (χ2v) is 7.91. The van der Waals surface area contributed by atoms with Crippen LogP contribution >= 0.6 is 23.1 Å². The highest BCUT2D eigenvalue weighted by atomic mass is 32.2. The molecule has 0 saturated heterocycles. The lowest BCUT2D eigenvalue weighted by Gasteiger charge is -2.21. The van der Waals surface area contributed by atoms with Gasteiger partial charge in [-0.15, -0.1) is 23.1 Å². The number of benzene rings is 2. The Morgan fingerprint density at radius 3 is 2.70 bits per heavy atom. The third kappa shape index (κ3) is 4.36. The van der Waals surface area contributed by atoms with Crippen molar-refractivity contribution in [2.45, 2.75) is 31.4 Å². The molecule has 140 valence electrons. The van der Waals surface area contributed by atoms with Crippen LogP contribution in [0.1, 0.15) is 23.7 Å². The number of carbonyl (C=O) groups excluding carboxylic acids is 1. The summed E-state index contributed by atoms with van der Waals surface area (Å²) in [5.74, 6) is -0.881. The summed E-state index contributed by atoms with van der Waals surface area (Å²) in [7, 11) is 0. The number of aromatic nitrogens is 1. The van der Waals surface area contributed by atoms with Gasteiger partial charge in [-0.2, -0.15) is 0 Å². The third-order valence-corrected chi connectivity index (χ3v) is 6.09. The lowest BCUT2D eigenvalue weighted by atomic mass is 10.1. The number of amides is 1. The molecule has 1 heterocycles. The van der Waals surface area contributed by atoms with E-state index in [1.165, 1.54) is 42.2 Å². The van der Waals surface area contributed by atoms with E-state index in [-0.39, 0.29) is 5.91 Å². The Kier molecular flexibility index (Phi) is 5.92. The van der Waals surface area contributed by atoms with Crippen LogP contribution in [-0.4, -0.2) is 10.9 Å². The van der Waals surface area contributed by atoms with E-state index in [9.17, 15) is 13.6 Å². The molecule has 0 radical (unpaired) electrons. The van der Waals surface area contributed by atoms with Crippen molar-refractivity contribution < 1.29 is 13.6 Å². The van der Waals surface area contributed by atoms with Crippen molar-refractivity contribution in [3.05, 3.63) is 70.2 Å². The zero-order valence-corrected chi connectivity index (χ0v) is 16.8. The highest BCUT2D eigenvalue weighted by molar-refractivity contribution is 7.98. The van der Waals surface area contributed by atoms with Gasteiger partial charge in [-0.25, -0.2) is 13.8 Å². The molecule has 3 aromatic rings. The van der Waals surface area contributed by atoms with Crippen molar-refractivity contribution in [3.63, 3.8) is 0 Å². The molecule has 7 heteroatoms. The predicted molar refractivity (Wildman–Crippen MR) is 107 cm³/mol. The summed E-state index contributed by atoms with van der Waals surface area (Å²) in [6.45, 7) is 5.48. The summed E-state index contributed by atoms with van der Waals surface area (Å²) in [4.78, 5) is 18.8. The molecule has 1 amide bonds. The molecule has 0 fully saturated rings. The zero-order chi connectivity index (χ0) is 19.6. The van der Waals surface area contributed by atoms with Gasteiger partial charge < -0.3 is 0 Å². The Morgan fingerprint density at radius 2 is 2.00 bits per heavy atom. The van der Waals surface area contributed by atoms with Gasteiger partial charge in [-0.1, -0.05) is 12.1 Å². The summed E-state index contributed by atoms with van der Waals surface area (Å²) in [5, 5.41) is 2.43. The highest BCUT2D eigenvalue weighted by Crippen LogP contribution is 2.34. The zero-order valence-electron chi connectivity index (χ0n) is 15.1. The Morgan fingerprint density at radius 1 is 1.22 bits per heavy atom. The predicted octanol–water partition coefficient (Wildman–Crippen LogP) is 6.02. The molecule has 0 saturated carbocycles. The van der Waals surface area contributed by atoms with Gasteiger partial charge in [0.05, 0.1) is 11.4 Å². The fourth-order valence-electron chi connectivity index (χ4n) is 2.59. The lowest BCUT2D eigenvalue weighted by molar-refractivity contribution is -0.115. The molecule has 0 aliphatic heterocycles. The average molecular weight is 405 g/mol. The number of nitrogens with zero attached hydrogens (tertiary/aromatic N) is 2. The summed E-state index contributed by atoms with van der Waals surface area (Å²) >= 11 is 2.61. The van der Waals surface area contributed by atoms with Crippen LogP contribution in [0, 0.1) is 25.5 Å². The van der Waals surface area contributed by atoms with E-state index in [4.69, 9.17) is 0 Å². The van der Waals surface area contributed by atoms with Gasteiger partial charge >= 0.3 is 0 Å². The van der Waals surface area contributed by atoms with Crippen LogP contribution in [-0.2, 0) is 10.5 Å². The maximum absolute atomic E-state index is 13.8. The van der Waals surface area contributed by atoms with E-state index in [0.29, 0.717) is 15.8 Å². The van der Waals surface area contributed by atoms with Crippen molar-refractivity contribution in [3.8, 4) is 0 Å². The van der Waals surface area contributed by atoms with E-state index in [0.717, 1.165) is 28.6 Å². The third-order valence-electron chi connectivity index (χ3n) is 4.13. The number of hydrogen-bond acceptors (Lipinski definition) is 4. The molecule has 0 atom stereocenters. The Labute approximate surface area is 165 Å². The summed E-state index contributed by atoms with van der Waals surface area (Å²) in [5.41, 5.74) is 3.66. The molecular formula is C20H18F2N2OS2. The largest absolute Gasteiger partial charge is 0.274 e. The van der Waals surface area contributed by atoms with Crippen molar-refractivity contribution in [2.75, 3.05) is 4.90 Å². The maximum atomic E-state index is 13.8. The van der Waals surface area contributed by atoms with Crippen molar-refractivity contribution >= 4 is 39.8 Å². The molecule has 0 aliphatic rings.